The monoisotopic (exact) mass is 240 g/mol. The first-order valence-corrected chi connectivity index (χ1v) is 6.04. The molecule has 1 aromatic carbocycles. The summed E-state index contributed by atoms with van der Waals surface area (Å²) in [6.07, 6.45) is 2.09. The number of hydrogen-bond acceptors (Lipinski definition) is 3. The van der Waals surface area contributed by atoms with Gasteiger partial charge in [0.1, 0.15) is 0 Å². The van der Waals surface area contributed by atoms with Crippen LogP contribution in [-0.4, -0.2) is 29.8 Å². The third-order valence-electron chi connectivity index (χ3n) is 2.98. The quantitative estimate of drug-likeness (QED) is 0.852. The topological polar surface area (TPSA) is 35.5 Å². The summed E-state index contributed by atoms with van der Waals surface area (Å²) in [7, 11) is 0. The average Bonchev–Trinajstić information content (AvgIpc) is 2.30. The van der Waals surface area contributed by atoms with E-state index in [-0.39, 0.29) is 0 Å². The number of rotatable bonds is 3. The first-order valence-electron chi connectivity index (χ1n) is 5.66. The van der Waals surface area contributed by atoms with Crippen LogP contribution in [0.1, 0.15) is 12.8 Å². The Morgan fingerprint density at radius 1 is 1.38 bits per heavy atom. The molecule has 0 atom stereocenters. The number of hydrogen-bond donors (Lipinski definition) is 2. The predicted molar refractivity (Wildman–Crippen MR) is 66.5 cm³/mol. The molecule has 0 radical (unpaired) electrons. The first kappa shape index (κ1) is 11.7. The van der Waals surface area contributed by atoms with Gasteiger partial charge in [0.25, 0.3) is 0 Å². The van der Waals surface area contributed by atoms with Crippen LogP contribution >= 0.6 is 11.6 Å². The van der Waals surface area contributed by atoms with Crippen LogP contribution in [0, 0.1) is 5.92 Å². The van der Waals surface area contributed by atoms with Gasteiger partial charge >= 0.3 is 0 Å². The number of nitrogens with zero attached hydrogens (tertiary/aromatic N) is 1. The molecule has 1 heterocycles. The van der Waals surface area contributed by atoms with Crippen molar-refractivity contribution in [3.8, 4) is 0 Å². The normalized spacial score (nSPS) is 18.6. The third kappa shape index (κ3) is 3.11. The van der Waals surface area contributed by atoms with Gasteiger partial charge in [-0.25, -0.2) is 5.01 Å². The summed E-state index contributed by atoms with van der Waals surface area (Å²) in [5.74, 6) is 0.470. The molecule has 2 rings (SSSR count). The van der Waals surface area contributed by atoms with Crippen LogP contribution in [0.25, 0.3) is 0 Å². The molecule has 1 saturated heterocycles. The van der Waals surface area contributed by atoms with E-state index in [0.29, 0.717) is 12.5 Å². The minimum absolute atomic E-state index is 0.311. The molecular weight excluding hydrogens is 224 g/mol. The Bertz CT molecular complexity index is 338. The lowest BCUT2D eigenvalue weighted by Crippen LogP contribution is -2.38. The Kier molecular flexibility index (Phi) is 4.04. The summed E-state index contributed by atoms with van der Waals surface area (Å²) in [4.78, 5) is 0. The standard InChI is InChI=1S/C12H17ClN2O/c13-11-2-1-3-12(8-11)14-15-6-4-10(9-16)5-7-15/h1-3,8,10,14,16H,4-7,9H2. The molecule has 0 aliphatic carbocycles. The molecule has 16 heavy (non-hydrogen) atoms. The number of anilines is 1. The highest BCUT2D eigenvalue weighted by molar-refractivity contribution is 6.30. The summed E-state index contributed by atoms with van der Waals surface area (Å²) in [5, 5.41) is 12.0. The van der Waals surface area contributed by atoms with Crippen molar-refractivity contribution < 1.29 is 5.11 Å². The molecule has 0 bridgehead atoms. The number of benzene rings is 1. The number of halogens is 1. The van der Waals surface area contributed by atoms with Gasteiger partial charge in [-0.3, -0.25) is 0 Å². The predicted octanol–water partition coefficient (Wildman–Crippen LogP) is 2.37. The van der Waals surface area contributed by atoms with Crippen molar-refractivity contribution in [1.82, 2.24) is 5.01 Å². The molecule has 0 amide bonds. The number of piperidine rings is 1. The van der Waals surface area contributed by atoms with E-state index in [1.807, 2.05) is 24.3 Å². The van der Waals surface area contributed by atoms with Crippen LogP contribution in [0.15, 0.2) is 24.3 Å². The second-order valence-corrected chi connectivity index (χ2v) is 4.67. The molecule has 0 spiro atoms. The minimum Gasteiger partial charge on any atom is -0.396 e. The highest BCUT2D eigenvalue weighted by Gasteiger charge is 2.18. The van der Waals surface area contributed by atoms with E-state index < -0.39 is 0 Å². The summed E-state index contributed by atoms with van der Waals surface area (Å²) in [6.45, 7) is 2.25. The highest BCUT2D eigenvalue weighted by atomic mass is 35.5. The Labute approximate surface area is 101 Å². The van der Waals surface area contributed by atoms with Crippen LogP contribution in [-0.2, 0) is 0 Å². The van der Waals surface area contributed by atoms with Crippen molar-refractivity contribution in [3.63, 3.8) is 0 Å². The molecule has 1 fully saturated rings. The Morgan fingerprint density at radius 3 is 2.75 bits per heavy atom. The van der Waals surface area contributed by atoms with Gasteiger partial charge in [0, 0.05) is 24.7 Å². The molecule has 1 aliphatic rings. The van der Waals surface area contributed by atoms with Gasteiger partial charge < -0.3 is 10.5 Å². The van der Waals surface area contributed by atoms with Crippen LogP contribution in [0.4, 0.5) is 5.69 Å². The van der Waals surface area contributed by atoms with Gasteiger partial charge in [-0.05, 0) is 37.0 Å². The van der Waals surface area contributed by atoms with E-state index in [4.69, 9.17) is 16.7 Å². The zero-order chi connectivity index (χ0) is 11.4. The highest BCUT2D eigenvalue weighted by Crippen LogP contribution is 2.19. The number of nitrogens with one attached hydrogen (secondary N) is 1. The molecule has 4 heteroatoms. The van der Waals surface area contributed by atoms with Gasteiger partial charge in [0.2, 0.25) is 0 Å². The van der Waals surface area contributed by atoms with Gasteiger partial charge in [-0.1, -0.05) is 17.7 Å². The summed E-state index contributed by atoms with van der Waals surface area (Å²) < 4.78 is 0. The van der Waals surface area contributed by atoms with E-state index in [9.17, 15) is 0 Å². The van der Waals surface area contributed by atoms with Crippen LogP contribution in [0.5, 0.6) is 0 Å². The Balaban J connectivity index is 1.87. The molecule has 88 valence electrons. The van der Waals surface area contributed by atoms with Crippen LogP contribution in [0.2, 0.25) is 5.02 Å². The zero-order valence-electron chi connectivity index (χ0n) is 9.19. The molecule has 2 N–H and O–H groups in total. The van der Waals surface area contributed by atoms with E-state index in [0.717, 1.165) is 36.6 Å². The van der Waals surface area contributed by atoms with Gasteiger partial charge in [-0.15, -0.1) is 0 Å². The summed E-state index contributed by atoms with van der Waals surface area (Å²) in [6, 6.07) is 7.72. The van der Waals surface area contributed by atoms with Crippen molar-refractivity contribution in [3.05, 3.63) is 29.3 Å². The second-order valence-electron chi connectivity index (χ2n) is 4.24. The van der Waals surface area contributed by atoms with E-state index in [1.54, 1.807) is 0 Å². The van der Waals surface area contributed by atoms with E-state index in [1.165, 1.54) is 0 Å². The molecular formula is C12H17ClN2O. The molecule has 1 aromatic rings. The summed E-state index contributed by atoms with van der Waals surface area (Å²) >= 11 is 5.92. The Morgan fingerprint density at radius 2 is 2.12 bits per heavy atom. The smallest absolute Gasteiger partial charge is 0.0504 e. The lowest BCUT2D eigenvalue weighted by molar-refractivity contribution is 0.147. The number of hydrazine groups is 1. The van der Waals surface area contributed by atoms with E-state index in [2.05, 4.69) is 10.4 Å². The maximum Gasteiger partial charge on any atom is 0.0504 e. The molecule has 0 saturated carbocycles. The first-order chi connectivity index (χ1) is 7.78. The maximum atomic E-state index is 9.05. The molecule has 0 aromatic heterocycles. The molecule has 0 unspecified atom stereocenters. The largest absolute Gasteiger partial charge is 0.396 e. The Hall–Kier alpha value is -0.770. The van der Waals surface area contributed by atoms with Crippen molar-refractivity contribution in [2.45, 2.75) is 12.8 Å². The lowest BCUT2D eigenvalue weighted by Gasteiger charge is -2.31. The van der Waals surface area contributed by atoms with Gasteiger partial charge in [0.05, 0.1) is 5.69 Å². The summed E-state index contributed by atoms with van der Waals surface area (Å²) in [5.41, 5.74) is 4.36. The zero-order valence-corrected chi connectivity index (χ0v) is 9.95. The average molecular weight is 241 g/mol. The minimum atomic E-state index is 0.311. The van der Waals surface area contributed by atoms with Crippen molar-refractivity contribution in [2.24, 2.45) is 5.92 Å². The number of aliphatic hydroxyl groups is 1. The fourth-order valence-electron chi connectivity index (χ4n) is 1.97. The SMILES string of the molecule is OCC1CCN(Nc2cccc(Cl)c2)CC1. The van der Waals surface area contributed by atoms with Gasteiger partial charge in [-0.2, -0.15) is 0 Å². The van der Waals surface area contributed by atoms with Crippen LogP contribution in [0.3, 0.4) is 0 Å². The van der Waals surface area contributed by atoms with Gasteiger partial charge in [0.15, 0.2) is 0 Å². The lowest BCUT2D eigenvalue weighted by atomic mass is 9.99. The maximum absolute atomic E-state index is 9.05. The van der Waals surface area contributed by atoms with E-state index >= 15 is 0 Å². The fourth-order valence-corrected chi connectivity index (χ4v) is 2.16. The molecule has 3 nitrogen and oxygen atoms in total. The number of aliphatic hydroxyl groups excluding tert-OH is 1. The van der Waals surface area contributed by atoms with Crippen molar-refractivity contribution in [2.75, 3.05) is 25.1 Å². The third-order valence-corrected chi connectivity index (χ3v) is 3.22. The van der Waals surface area contributed by atoms with Crippen molar-refractivity contribution in [1.29, 1.82) is 0 Å². The molecule has 1 aliphatic heterocycles. The second kappa shape index (κ2) is 5.53. The fraction of sp³-hybridized carbons (Fsp3) is 0.500. The van der Waals surface area contributed by atoms with Crippen molar-refractivity contribution >= 4 is 17.3 Å². The van der Waals surface area contributed by atoms with Crippen LogP contribution < -0.4 is 5.43 Å².